The van der Waals surface area contributed by atoms with Crippen LogP contribution in [0.5, 0.6) is 0 Å². The normalized spacial score (nSPS) is 11.0. The van der Waals surface area contributed by atoms with Gasteiger partial charge in [-0.05, 0) is 0 Å². The van der Waals surface area contributed by atoms with Crippen molar-refractivity contribution in [3.8, 4) is 5.69 Å². The van der Waals surface area contributed by atoms with E-state index in [1.807, 2.05) is 25.1 Å². The van der Waals surface area contributed by atoms with Crippen LogP contribution in [0.4, 0.5) is 4.39 Å². The van der Waals surface area contributed by atoms with Crippen LogP contribution >= 0.6 is 12.2 Å². The summed E-state index contributed by atoms with van der Waals surface area (Å²) in [5.41, 5.74) is 1.93. The molecule has 90 valence electrons. The van der Waals surface area contributed by atoms with Gasteiger partial charge >= 0.3 is 116 Å². The number of fused-ring (bicyclic) bond motifs is 1. The van der Waals surface area contributed by atoms with Crippen LogP contribution in [0.2, 0.25) is 0 Å². The predicted molar refractivity (Wildman–Crippen MR) is 75.7 cm³/mol. The molecule has 4 heteroatoms. The van der Waals surface area contributed by atoms with E-state index in [1.165, 1.54) is 10.3 Å². The number of hydrogen-bond donors (Lipinski definition) is 0. The van der Waals surface area contributed by atoms with Crippen LogP contribution in [0.3, 0.4) is 0 Å². The van der Waals surface area contributed by atoms with Crippen LogP contribution in [-0.2, 0) is 0 Å². The fourth-order valence-corrected chi connectivity index (χ4v) is 4.80. The van der Waals surface area contributed by atoms with Crippen LogP contribution in [0, 0.1) is 17.4 Å². The first-order chi connectivity index (χ1) is 8.66. The van der Waals surface area contributed by atoms with Gasteiger partial charge in [0.25, 0.3) is 0 Å². The van der Waals surface area contributed by atoms with Crippen LogP contribution in [0.25, 0.3) is 15.3 Å². The topological polar surface area (TPSA) is 4.93 Å². The van der Waals surface area contributed by atoms with Gasteiger partial charge in [-0.2, -0.15) is 0 Å². The monoisotopic (exact) mass is 323 g/mol. The number of rotatable bonds is 1. The number of benzene rings is 2. The Morgan fingerprint density at radius 3 is 2.72 bits per heavy atom. The molecule has 0 radical (unpaired) electrons. The molecule has 3 aromatic rings. The average molecular weight is 322 g/mol. The van der Waals surface area contributed by atoms with Crippen molar-refractivity contribution in [2.45, 2.75) is 6.92 Å². The van der Waals surface area contributed by atoms with Gasteiger partial charge in [0.1, 0.15) is 0 Å². The molecule has 0 aliphatic rings. The maximum atomic E-state index is 13.4. The van der Waals surface area contributed by atoms with Gasteiger partial charge < -0.3 is 0 Å². The quantitative estimate of drug-likeness (QED) is 0.486. The first-order valence-corrected chi connectivity index (χ1v) is 7.57. The Bertz CT molecular complexity index is 788. The number of nitrogens with zero attached hydrogens (tertiary/aromatic N) is 1. The molecule has 0 saturated heterocycles. The molecular weight excluding hydrogens is 312 g/mol. The summed E-state index contributed by atoms with van der Waals surface area (Å²) in [6.07, 6.45) is 0. The van der Waals surface area contributed by atoms with Crippen molar-refractivity contribution in [1.82, 2.24) is 3.56 Å². The summed E-state index contributed by atoms with van der Waals surface area (Å²) in [5, 5.41) is 1.11. The molecule has 0 amide bonds. The molecule has 18 heavy (non-hydrogen) atoms. The molecule has 2 aromatic carbocycles. The Kier molecular flexibility index (Phi) is 2.94. The summed E-state index contributed by atoms with van der Waals surface area (Å²) < 4.78 is 17.5. The second-order valence-electron chi connectivity index (χ2n) is 4.12. The minimum atomic E-state index is -0.217. The van der Waals surface area contributed by atoms with E-state index >= 15 is 0 Å². The summed E-state index contributed by atoms with van der Waals surface area (Å²) in [6, 6.07) is 13.0. The number of halogens is 1. The summed E-state index contributed by atoms with van der Waals surface area (Å²) in [7, 11) is 0. The zero-order valence-electron chi connectivity index (χ0n) is 9.68. The second kappa shape index (κ2) is 4.47. The van der Waals surface area contributed by atoms with Crippen molar-refractivity contribution in [3.63, 3.8) is 0 Å². The first-order valence-electron chi connectivity index (χ1n) is 5.54. The Morgan fingerprint density at radius 1 is 1.17 bits per heavy atom. The molecule has 1 heterocycles. The zero-order chi connectivity index (χ0) is 12.7. The molecule has 0 aliphatic carbocycles. The van der Waals surface area contributed by atoms with E-state index in [0.29, 0.717) is 0 Å². The van der Waals surface area contributed by atoms with Crippen molar-refractivity contribution in [1.29, 1.82) is 0 Å². The molecule has 0 saturated carbocycles. The number of aromatic nitrogens is 1. The third-order valence-electron chi connectivity index (χ3n) is 2.88. The molecule has 0 spiro atoms. The van der Waals surface area contributed by atoms with Crippen molar-refractivity contribution in [2.75, 3.05) is 0 Å². The molecule has 3 rings (SSSR count). The van der Waals surface area contributed by atoms with Gasteiger partial charge in [-0.15, -0.1) is 0 Å². The summed E-state index contributed by atoms with van der Waals surface area (Å²) in [5.74, 6) is -0.217. The first kappa shape index (κ1) is 11.8. The molecule has 1 aromatic heterocycles. The summed E-state index contributed by atoms with van der Waals surface area (Å²) in [6.45, 7) is 1.98. The van der Waals surface area contributed by atoms with Crippen molar-refractivity contribution in [2.24, 2.45) is 0 Å². The molecule has 0 aliphatic heterocycles. The second-order valence-corrected chi connectivity index (χ2v) is 6.58. The number of hydrogen-bond acceptors (Lipinski definition) is 1. The average Bonchev–Trinajstić information content (AvgIpc) is 2.71. The fourth-order valence-electron chi connectivity index (χ4n) is 1.93. The minimum absolute atomic E-state index is 0.103. The summed E-state index contributed by atoms with van der Waals surface area (Å²) >= 11 is 5.60. The van der Waals surface area contributed by atoms with Crippen molar-refractivity contribution in [3.05, 3.63) is 58.5 Å². The number of aryl methyl sites for hydroxylation is 1. The van der Waals surface area contributed by atoms with Gasteiger partial charge in [-0.3, -0.25) is 0 Å². The van der Waals surface area contributed by atoms with Crippen molar-refractivity contribution >= 4 is 36.6 Å². The van der Waals surface area contributed by atoms with Crippen LogP contribution < -0.4 is 0 Å². The Labute approximate surface area is 115 Å². The predicted octanol–water partition coefficient (Wildman–Crippen LogP) is 3.86. The molecule has 0 bridgehead atoms. The molecular formula is C14H10FNSSe. The van der Waals surface area contributed by atoms with Crippen LogP contribution in [0.1, 0.15) is 5.56 Å². The van der Waals surface area contributed by atoms with Gasteiger partial charge in [0.05, 0.1) is 0 Å². The fraction of sp³-hybridized carbons (Fsp3) is 0.0714. The Balaban J connectivity index is 2.35. The molecule has 0 N–H and O–H groups in total. The van der Waals surface area contributed by atoms with E-state index in [9.17, 15) is 4.39 Å². The van der Waals surface area contributed by atoms with E-state index < -0.39 is 0 Å². The molecule has 0 unspecified atom stereocenters. The third kappa shape index (κ3) is 1.87. The third-order valence-corrected chi connectivity index (χ3v) is 5.88. The molecule has 1 nitrogen and oxygen atoms in total. The SMILES string of the molecule is Cc1ccc(F)cc1-n1[se]c2ccccc2c1=S. The Hall–Kier alpha value is -1.22. The van der Waals surface area contributed by atoms with Gasteiger partial charge in [-0.1, -0.05) is 0 Å². The van der Waals surface area contributed by atoms with E-state index in [0.717, 1.165) is 21.3 Å². The van der Waals surface area contributed by atoms with E-state index in [-0.39, 0.29) is 20.5 Å². The van der Waals surface area contributed by atoms with E-state index in [1.54, 1.807) is 12.1 Å². The standard InChI is InChI=1S/C14H10FNSSe/c1-9-6-7-10(15)8-12(9)16-14(17)11-4-2-3-5-13(11)18-16/h2-8H,1H3. The Morgan fingerprint density at radius 2 is 1.94 bits per heavy atom. The van der Waals surface area contributed by atoms with Gasteiger partial charge in [0.15, 0.2) is 0 Å². The van der Waals surface area contributed by atoms with Gasteiger partial charge in [0, 0.05) is 0 Å². The zero-order valence-corrected chi connectivity index (χ0v) is 12.2. The van der Waals surface area contributed by atoms with Gasteiger partial charge in [-0.25, -0.2) is 0 Å². The molecule has 0 fully saturated rings. The molecule has 0 atom stereocenters. The van der Waals surface area contributed by atoms with Gasteiger partial charge in [0.2, 0.25) is 0 Å². The van der Waals surface area contributed by atoms with E-state index in [2.05, 4.69) is 9.63 Å². The van der Waals surface area contributed by atoms with E-state index in [4.69, 9.17) is 12.2 Å². The van der Waals surface area contributed by atoms with Crippen LogP contribution in [0.15, 0.2) is 42.5 Å². The maximum absolute atomic E-state index is 13.4. The van der Waals surface area contributed by atoms with Crippen LogP contribution in [-0.4, -0.2) is 18.3 Å². The van der Waals surface area contributed by atoms with Crippen molar-refractivity contribution < 1.29 is 4.39 Å². The summed E-state index contributed by atoms with van der Waals surface area (Å²) in [4.78, 5) is 0.